The lowest BCUT2D eigenvalue weighted by atomic mass is 10.1. The van der Waals surface area contributed by atoms with Crippen LogP contribution in [0.15, 0.2) is 59.4 Å². The normalized spacial score (nSPS) is 11.4. The summed E-state index contributed by atoms with van der Waals surface area (Å²) in [4.78, 5) is 15.8. The molecule has 5 rings (SSSR count). The summed E-state index contributed by atoms with van der Waals surface area (Å²) in [6.07, 6.45) is 0.456. The zero-order valence-corrected chi connectivity index (χ0v) is 14.0. The zero-order valence-electron chi connectivity index (χ0n) is 14.0. The van der Waals surface area contributed by atoms with Gasteiger partial charge in [0.25, 0.3) is 5.56 Å². The number of aromatic nitrogens is 6. The fraction of sp³-hybridized carbons (Fsp3) is 0.0526. The first-order chi connectivity index (χ1) is 13.2. The first kappa shape index (κ1) is 15.3. The average molecular weight is 358 g/mol. The molecular formula is C19H14N6O2. The first-order valence-electron chi connectivity index (χ1n) is 8.38. The molecule has 8 heteroatoms. The van der Waals surface area contributed by atoms with Crippen LogP contribution in [0.25, 0.3) is 27.9 Å². The lowest BCUT2D eigenvalue weighted by Gasteiger charge is -2.05. The average Bonchev–Trinajstić information content (AvgIpc) is 3.27. The molecule has 5 aromatic rings. The summed E-state index contributed by atoms with van der Waals surface area (Å²) < 4.78 is 1.19. The Labute approximate surface area is 152 Å². The van der Waals surface area contributed by atoms with Crippen LogP contribution < -0.4 is 5.56 Å². The molecule has 0 aliphatic heterocycles. The predicted molar refractivity (Wildman–Crippen MR) is 99.6 cm³/mol. The summed E-state index contributed by atoms with van der Waals surface area (Å²) >= 11 is 0. The summed E-state index contributed by atoms with van der Waals surface area (Å²) in [7, 11) is 0. The third-order valence-electron chi connectivity index (χ3n) is 4.55. The van der Waals surface area contributed by atoms with E-state index in [0.29, 0.717) is 28.8 Å². The van der Waals surface area contributed by atoms with Crippen molar-refractivity contribution < 1.29 is 5.11 Å². The number of benzene rings is 2. The molecule has 3 heterocycles. The molecule has 0 aliphatic carbocycles. The van der Waals surface area contributed by atoms with Crippen molar-refractivity contribution in [3.05, 3.63) is 76.1 Å². The third-order valence-corrected chi connectivity index (χ3v) is 4.55. The fourth-order valence-corrected chi connectivity index (χ4v) is 3.20. The maximum absolute atomic E-state index is 12.5. The number of hydrogen-bond donors (Lipinski definition) is 3. The lowest BCUT2D eigenvalue weighted by Crippen LogP contribution is -2.14. The summed E-state index contributed by atoms with van der Waals surface area (Å²) in [5.74, 6) is -0.156. The van der Waals surface area contributed by atoms with Gasteiger partial charge in [-0.15, -0.1) is 10.2 Å². The molecule has 3 N–H and O–H groups in total. The van der Waals surface area contributed by atoms with E-state index in [1.807, 2.05) is 48.5 Å². The topological polar surface area (TPSA) is 112 Å². The van der Waals surface area contributed by atoms with Crippen molar-refractivity contribution in [2.45, 2.75) is 6.42 Å². The number of hydrogen-bond acceptors (Lipinski definition) is 5. The number of H-pyrrole nitrogens is 2. The monoisotopic (exact) mass is 358 g/mol. The number of nitrogens with one attached hydrogen (secondary N) is 2. The van der Waals surface area contributed by atoms with Gasteiger partial charge in [0.05, 0.1) is 16.8 Å². The van der Waals surface area contributed by atoms with Crippen molar-refractivity contribution in [1.29, 1.82) is 0 Å². The SMILES string of the molecule is O=c1cc(-c2ccc3[nH]nnc3c2)[nH]c2c(Cc3ccccc3)c(O)nn12. The van der Waals surface area contributed by atoms with Crippen molar-refractivity contribution in [2.75, 3.05) is 0 Å². The third kappa shape index (κ3) is 2.54. The molecule has 0 amide bonds. The van der Waals surface area contributed by atoms with Crippen LogP contribution in [-0.4, -0.2) is 35.1 Å². The standard InChI is InChI=1S/C19H14N6O2/c26-17-10-15(12-6-7-14-16(9-12)22-24-21-14)20-18-13(19(27)23-25(17)18)8-11-4-2-1-3-5-11/h1-7,9-10,20H,8H2,(H,23,27)(H,21,22,24). The van der Waals surface area contributed by atoms with E-state index in [-0.39, 0.29) is 11.4 Å². The molecule has 2 aromatic carbocycles. The molecule has 0 saturated heterocycles. The van der Waals surface area contributed by atoms with Gasteiger partial charge in [-0.2, -0.15) is 4.52 Å². The van der Waals surface area contributed by atoms with Gasteiger partial charge in [0.2, 0.25) is 5.88 Å². The van der Waals surface area contributed by atoms with Crippen LogP contribution in [0.4, 0.5) is 0 Å². The largest absolute Gasteiger partial charge is 0.492 e. The molecule has 0 atom stereocenters. The summed E-state index contributed by atoms with van der Waals surface area (Å²) in [6, 6.07) is 16.7. The Kier molecular flexibility index (Phi) is 3.29. The van der Waals surface area contributed by atoms with Gasteiger partial charge in [0.1, 0.15) is 11.2 Å². The van der Waals surface area contributed by atoms with E-state index in [1.165, 1.54) is 10.6 Å². The molecule has 0 spiro atoms. The second-order valence-electron chi connectivity index (χ2n) is 6.29. The molecule has 8 nitrogen and oxygen atoms in total. The van der Waals surface area contributed by atoms with Gasteiger partial charge in [-0.05, 0) is 17.7 Å². The van der Waals surface area contributed by atoms with Gasteiger partial charge in [-0.3, -0.25) is 9.89 Å². The molecule has 0 aliphatic rings. The summed E-state index contributed by atoms with van der Waals surface area (Å²) in [5.41, 5.74) is 4.66. The minimum Gasteiger partial charge on any atom is -0.492 e. The Morgan fingerprint density at radius 3 is 2.78 bits per heavy atom. The van der Waals surface area contributed by atoms with Crippen LogP contribution in [0.1, 0.15) is 11.1 Å². The highest BCUT2D eigenvalue weighted by Gasteiger charge is 2.16. The zero-order chi connectivity index (χ0) is 18.4. The summed E-state index contributed by atoms with van der Waals surface area (Å²) in [6.45, 7) is 0. The van der Waals surface area contributed by atoms with Crippen LogP contribution in [0.2, 0.25) is 0 Å². The van der Waals surface area contributed by atoms with E-state index >= 15 is 0 Å². The van der Waals surface area contributed by atoms with Gasteiger partial charge >= 0.3 is 0 Å². The molecule has 0 saturated carbocycles. The minimum absolute atomic E-state index is 0.156. The van der Waals surface area contributed by atoms with E-state index in [0.717, 1.165) is 16.6 Å². The minimum atomic E-state index is -0.325. The van der Waals surface area contributed by atoms with Gasteiger partial charge in [-0.25, -0.2) is 0 Å². The van der Waals surface area contributed by atoms with Gasteiger partial charge < -0.3 is 10.1 Å². The predicted octanol–water partition coefficient (Wildman–Crippen LogP) is 2.26. The Balaban J connectivity index is 1.68. The van der Waals surface area contributed by atoms with Crippen LogP contribution in [0, 0.1) is 0 Å². The van der Waals surface area contributed by atoms with Gasteiger partial charge in [0.15, 0.2) is 0 Å². The lowest BCUT2D eigenvalue weighted by molar-refractivity contribution is 0.444. The van der Waals surface area contributed by atoms with E-state index in [4.69, 9.17) is 0 Å². The van der Waals surface area contributed by atoms with E-state index < -0.39 is 0 Å². The van der Waals surface area contributed by atoms with Crippen molar-refractivity contribution >= 4 is 16.7 Å². The molecule has 132 valence electrons. The quantitative estimate of drug-likeness (QED) is 0.458. The smallest absolute Gasteiger partial charge is 0.275 e. The molecule has 0 radical (unpaired) electrons. The van der Waals surface area contributed by atoms with Crippen LogP contribution >= 0.6 is 0 Å². The van der Waals surface area contributed by atoms with Gasteiger partial charge in [0, 0.05) is 18.1 Å². The Morgan fingerprint density at radius 1 is 1.07 bits per heavy atom. The number of rotatable bonds is 3. The Hall–Kier alpha value is -3.94. The highest BCUT2D eigenvalue weighted by Crippen LogP contribution is 2.25. The Bertz CT molecular complexity index is 1330. The second kappa shape index (κ2) is 5.80. The van der Waals surface area contributed by atoms with Crippen LogP contribution in [-0.2, 0) is 6.42 Å². The first-order valence-corrected chi connectivity index (χ1v) is 8.38. The molecular weight excluding hydrogens is 344 g/mol. The maximum Gasteiger partial charge on any atom is 0.275 e. The fourth-order valence-electron chi connectivity index (χ4n) is 3.20. The van der Waals surface area contributed by atoms with Crippen LogP contribution in [0.3, 0.4) is 0 Å². The summed E-state index contributed by atoms with van der Waals surface area (Å²) in [5, 5.41) is 24.9. The molecule has 0 unspecified atom stereocenters. The highest BCUT2D eigenvalue weighted by molar-refractivity contribution is 5.80. The van der Waals surface area contributed by atoms with Crippen molar-refractivity contribution in [3.8, 4) is 17.1 Å². The second-order valence-corrected chi connectivity index (χ2v) is 6.29. The molecule has 0 bridgehead atoms. The molecule has 3 aromatic heterocycles. The van der Waals surface area contributed by atoms with E-state index in [9.17, 15) is 9.90 Å². The number of aromatic amines is 2. The van der Waals surface area contributed by atoms with Crippen molar-refractivity contribution in [3.63, 3.8) is 0 Å². The maximum atomic E-state index is 12.5. The Morgan fingerprint density at radius 2 is 1.93 bits per heavy atom. The van der Waals surface area contributed by atoms with E-state index in [1.54, 1.807) is 0 Å². The highest BCUT2D eigenvalue weighted by atomic mass is 16.3. The van der Waals surface area contributed by atoms with Gasteiger partial charge in [-0.1, -0.05) is 41.6 Å². The van der Waals surface area contributed by atoms with Crippen LogP contribution in [0.5, 0.6) is 5.88 Å². The molecule has 27 heavy (non-hydrogen) atoms. The number of fused-ring (bicyclic) bond motifs is 2. The number of nitrogens with zero attached hydrogens (tertiary/aromatic N) is 4. The van der Waals surface area contributed by atoms with Crippen molar-refractivity contribution in [1.82, 2.24) is 30.0 Å². The van der Waals surface area contributed by atoms with Crippen molar-refractivity contribution in [2.24, 2.45) is 0 Å². The molecule has 0 fully saturated rings. The van der Waals surface area contributed by atoms with E-state index in [2.05, 4.69) is 25.5 Å². The number of aromatic hydroxyl groups is 1.